The highest BCUT2D eigenvalue weighted by Crippen LogP contribution is 2.68. The number of aliphatic imine (C=N–C) groups is 1. The summed E-state index contributed by atoms with van der Waals surface area (Å²) in [5.74, 6) is 1.38. The molecular formula is C32H30F6N4O5. The van der Waals surface area contributed by atoms with Crippen LogP contribution >= 0.6 is 0 Å². The number of piperazine rings is 1. The van der Waals surface area contributed by atoms with Crippen molar-refractivity contribution >= 4 is 17.8 Å². The summed E-state index contributed by atoms with van der Waals surface area (Å²) in [4.78, 5) is 28.6. The number of benzene rings is 3. The fourth-order valence-electron chi connectivity index (χ4n) is 5.51. The molecule has 3 aliphatic heterocycles. The van der Waals surface area contributed by atoms with Crippen molar-refractivity contribution in [1.82, 2.24) is 15.1 Å². The van der Waals surface area contributed by atoms with E-state index >= 15 is 0 Å². The smallest absolute Gasteiger partial charge is 0.416 e. The van der Waals surface area contributed by atoms with Crippen LogP contribution in [0.4, 0.5) is 31.1 Å². The number of amidine groups is 1. The highest BCUT2D eigenvalue weighted by molar-refractivity contribution is 6.08. The van der Waals surface area contributed by atoms with Gasteiger partial charge in [-0.05, 0) is 55.8 Å². The summed E-state index contributed by atoms with van der Waals surface area (Å²) in [5.41, 5.74) is -0.885. The lowest BCUT2D eigenvalue weighted by Gasteiger charge is -2.27. The molecule has 3 aromatic rings. The third-order valence-corrected chi connectivity index (χ3v) is 7.74. The fraction of sp³-hybridized carbons (Fsp3) is 0.344. The molecule has 0 saturated carbocycles. The topological polar surface area (TPSA) is 103 Å². The first-order valence-electron chi connectivity index (χ1n) is 14.4. The first-order valence-corrected chi connectivity index (χ1v) is 14.4. The lowest BCUT2D eigenvalue weighted by atomic mass is 9.96. The van der Waals surface area contributed by atoms with Gasteiger partial charge in [0.15, 0.2) is 5.66 Å². The number of ether oxygens (including phenoxy) is 2. The molecule has 9 nitrogen and oxygen atoms in total. The summed E-state index contributed by atoms with van der Waals surface area (Å²) in [6, 6.07) is 14.2. The SMILES string of the molecule is COc1ccc(C2=NC3(c4ccc(C(F)(F)F)cc4)C(c4ccc(C(F)(F)F)cc4)N23)c(OC(C)C)c1.O=C1CN(C(=O)O)CCN1. The third-order valence-electron chi connectivity index (χ3n) is 7.74. The minimum atomic E-state index is -4.49. The number of hydrogen-bond acceptors (Lipinski definition) is 6. The van der Waals surface area contributed by atoms with E-state index in [1.807, 2.05) is 18.7 Å². The summed E-state index contributed by atoms with van der Waals surface area (Å²) >= 11 is 0. The average molecular weight is 665 g/mol. The number of nitrogens with zero attached hydrogens (tertiary/aromatic N) is 3. The Hall–Kier alpha value is -4.95. The molecule has 0 bridgehead atoms. The van der Waals surface area contributed by atoms with Crippen LogP contribution < -0.4 is 14.8 Å². The van der Waals surface area contributed by atoms with Crippen molar-refractivity contribution in [3.8, 4) is 11.5 Å². The molecule has 0 aliphatic carbocycles. The molecule has 3 heterocycles. The second-order valence-electron chi connectivity index (χ2n) is 11.2. The lowest BCUT2D eigenvalue weighted by Crippen LogP contribution is -2.49. The summed E-state index contributed by atoms with van der Waals surface area (Å²) in [7, 11) is 1.52. The zero-order chi connectivity index (χ0) is 34.3. The molecule has 0 aromatic heterocycles. The van der Waals surface area contributed by atoms with E-state index in [-0.39, 0.29) is 18.6 Å². The van der Waals surface area contributed by atoms with Crippen molar-refractivity contribution < 1.29 is 50.5 Å². The van der Waals surface area contributed by atoms with E-state index in [2.05, 4.69) is 5.32 Å². The largest absolute Gasteiger partial charge is 0.497 e. The van der Waals surface area contributed by atoms with Gasteiger partial charge in [0.1, 0.15) is 29.9 Å². The van der Waals surface area contributed by atoms with E-state index in [1.54, 1.807) is 18.2 Å². The van der Waals surface area contributed by atoms with Crippen LogP contribution in [0.2, 0.25) is 0 Å². The number of nitrogens with one attached hydrogen (secondary N) is 1. The molecule has 2 saturated heterocycles. The van der Waals surface area contributed by atoms with E-state index < -0.39 is 41.3 Å². The molecule has 2 unspecified atom stereocenters. The summed E-state index contributed by atoms with van der Waals surface area (Å²) < 4.78 is 90.0. The number of carbonyl (C=O) groups is 2. The molecule has 6 rings (SSSR count). The predicted molar refractivity (Wildman–Crippen MR) is 157 cm³/mol. The highest BCUT2D eigenvalue weighted by atomic mass is 19.4. The number of carboxylic acid groups (broad SMARTS) is 1. The molecule has 2 fully saturated rings. The molecular weight excluding hydrogens is 634 g/mol. The minimum Gasteiger partial charge on any atom is -0.497 e. The van der Waals surface area contributed by atoms with Gasteiger partial charge in [-0.3, -0.25) is 9.69 Å². The van der Waals surface area contributed by atoms with Crippen molar-refractivity contribution in [3.05, 3.63) is 94.5 Å². The Bertz CT molecular complexity index is 1670. The van der Waals surface area contributed by atoms with Crippen LogP contribution in [0.15, 0.2) is 71.7 Å². The molecule has 2 atom stereocenters. The molecule has 0 spiro atoms. The summed E-state index contributed by atoms with van der Waals surface area (Å²) in [6.07, 6.45) is -10.2. The van der Waals surface area contributed by atoms with Gasteiger partial charge in [-0.25, -0.2) is 9.79 Å². The second-order valence-corrected chi connectivity index (χ2v) is 11.2. The molecule has 47 heavy (non-hydrogen) atoms. The van der Waals surface area contributed by atoms with E-state index in [9.17, 15) is 35.9 Å². The van der Waals surface area contributed by atoms with E-state index in [0.717, 1.165) is 29.2 Å². The predicted octanol–water partition coefficient (Wildman–Crippen LogP) is 6.29. The van der Waals surface area contributed by atoms with Gasteiger partial charge >= 0.3 is 18.4 Å². The van der Waals surface area contributed by atoms with E-state index in [0.29, 0.717) is 47.1 Å². The Labute approximate surface area is 265 Å². The van der Waals surface area contributed by atoms with Gasteiger partial charge < -0.3 is 24.8 Å². The van der Waals surface area contributed by atoms with Gasteiger partial charge in [0.05, 0.1) is 29.9 Å². The first kappa shape index (κ1) is 33.4. The van der Waals surface area contributed by atoms with Crippen LogP contribution in [-0.4, -0.2) is 65.6 Å². The number of fused-ring (bicyclic) bond motifs is 1. The zero-order valence-corrected chi connectivity index (χ0v) is 25.3. The number of rotatable bonds is 6. The monoisotopic (exact) mass is 664 g/mol. The Morgan fingerprint density at radius 2 is 1.57 bits per heavy atom. The molecule has 3 aromatic carbocycles. The maximum Gasteiger partial charge on any atom is 0.416 e. The zero-order valence-electron chi connectivity index (χ0n) is 25.3. The number of carbonyl (C=O) groups excluding carboxylic acids is 1. The van der Waals surface area contributed by atoms with Gasteiger partial charge in [-0.15, -0.1) is 0 Å². The van der Waals surface area contributed by atoms with Gasteiger partial charge in [0.2, 0.25) is 5.91 Å². The maximum absolute atomic E-state index is 13.1. The van der Waals surface area contributed by atoms with Crippen LogP contribution in [0, 0.1) is 0 Å². The van der Waals surface area contributed by atoms with Crippen molar-refractivity contribution in [3.63, 3.8) is 0 Å². The second kappa shape index (κ2) is 12.3. The molecule has 15 heteroatoms. The van der Waals surface area contributed by atoms with Crippen LogP contribution in [0.3, 0.4) is 0 Å². The summed E-state index contributed by atoms with van der Waals surface area (Å²) in [5, 5.41) is 10.9. The Balaban J connectivity index is 0.000000371. The van der Waals surface area contributed by atoms with Crippen LogP contribution in [-0.2, 0) is 22.8 Å². The van der Waals surface area contributed by atoms with Gasteiger partial charge in [0, 0.05) is 24.7 Å². The average Bonchev–Trinajstić information content (AvgIpc) is 3.55. The van der Waals surface area contributed by atoms with E-state index in [4.69, 9.17) is 19.6 Å². The highest BCUT2D eigenvalue weighted by Gasteiger charge is 2.72. The number of halogens is 6. The third kappa shape index (κ3) is 6.65. The van der Waals surface area contributed by atoms with Gasteiger partial charge in [-0.2, -0.15) is 26.3 Å². The molecule has 2 N–H and O–H groups in total. The standard InChI is InChI=1S/C27H22F6N2O2.C5H8N2O3/c1-15(2)37-22-14-20(36-3)12-13-21(22)24-34-25(17-8-10-19(11-9-17)27(31,32)33)23(35(24)25)16-4-6-18(7-5-16)26(28,29)30;8-4-3-7(5(9)10)2-1-6-4/h4-15,23H,1-3H3;1-3H2,(H,6,8)(H,9,10). The quantitative estimate of drug-likeness (QED) is 0.238. The van der Waals surface area contributed by atoms with Gasteiger partial charge in [-0.1, -0.05) is 24.3 Å². The maximum atomic E-state index is 13.1. The Morgan fingerprint density at radius 3 is 2.06 bits per heavy atom. The van der Waals surface area contributed by atoms with Crippen molar-refractivity contribution in [2.75, 3.05) is 26.7 Å². The Kier molecular flexibility index (Phi) is 8.77. The first-order chi connectivity index (χ1) is 22.1. The lowest BCUT2D eigenvalue weighted by molar-refractivity contribution is -0.138. The number of hydrogen-bond donors (Lipinski definition) is 2. The minimum absolute atomic E-state index is 0.0324. The normalized spacial score (nSPS) is 20.3. The number of amides is 2. The fourth-order valence-corrected chi connectivity index (χ4v) is 5.51. The van der Waals surface area contributed by atoms with Crippen LogP contribution in [0.1, 0.15) is 47.7 Å². The van der Waals surface area contributed by atoms with Crippen LogP contribution in [0.5, 0.6) is 11.5 Å². The number of methoxy groups -OCH3 is 1. The molecule has 2 amide bonds. The van der Waals surface area contributed by atoms with Crippen molar-refractivity contribution in [1.29, 1.82) is 0 Å². The van der Waals surface area contributed by atoms with E-state index in [1.165, 1.54) is 31.4 Å². The Morgan fingerprint density at radius 1 is 0.979 bits per heavy atom. The van der Waals surface area contributed by atoms with Crippen LogP contribution in [0.25, 0.3) is 0 Å². The molecule has 250 valence electrons. The van der Waals surface area contributed by atoms with Crippen molar-refractivity contribution in [2.24, 2.45) is 4.99 Å². The van der Waals surface area contributed by atoms with Crippen molar-refractivity contribution in [2.45, 2.75) is 44.0 Å². The summed E-state index contributed by atoms with van der Waals surface area (Å²) in [6.45, 7) is 4.50. The molecule has 0 radical (unpaired) electrons. The van der Waals surface area contributed by atoms with Gasteiger partial charge in [0.25, 0.3) is 0 Å². The molecule has 3 aliphatic rings. The number of alkyl halides is 6.